The summed E-state index contributed by atoms with van der Waals surface area (Å²) in [6, 6.07) is 6.42. The Kier molecular flexibility index (Phi) is 6.82. The molecular formula is C19H20F2N2O5. The van der Waals surface area contributed by atoms with Gasteiger partial charge in [0.25, 0.3) is 6.43 Å². The molecule has 7 nitrogen and oxygen atoms in total. The van der Waals surface area contributed by atoms with E-state index in [0.717, 1.165) is 0 Å². The highest BCUT2D eigenvalue weighted by molar-refractivity contribution is 5.92. The van der Waals surface area contributed by atoms with Crippen LogP contribution in [0.5, 0.6) is 11.5 Å². The van der Waals surface area contributed by atoms with Gasteiger partial charge in [-0.05, 0) is 31.5 Å². The molecule has 0 saturated heterocycles. The number of halogens is 2. The number of alkyl halides is 2. The van der Waals surface area contributed by atoms with Crippen molar-refractivity contribution in [2.45, 2.75) is 26.2 Å². The first-order valence-corrected chi connectivity index (χ1v) is 8.38. The Morgan fingerprint density at radius 2 is 2.11 bits per heavy atom. The summed E-state index contributed by atoms with van der Waals surface area (Å²) >= 11 is 0. The van der Waals surface area contributed by atoms with Crippen LogP contribution in [0.3, 0.4) is 0 Å². The average Bonchev–Trinajstić information content (AvgIpc) is 2.65. The summed E-state index contributed by atoms with van der Waals surface area (Å²) in [5, 5.41) is 9.55. The lowest BCUT2D eigenvalue weighted by Gasteiger charge is -2.27. The first-order valence-electron chi connectivity index (χ1n) is 8.38. The number of methoxy groups -OCH3 is 1. The Morgan fingerprint density at radius 1 is 1.39 bits per heavy atom. The van der Waals surface area contributed by atoms with Gasteiger partial charge in [-0.15, -0.1) is 0 Å². The van der Waals surface area contributed by atoms with Crippen molar-refractivity contribution in [1.29, 1.82) is 5.26 Å². The number of nitrogens with two attached hydrogens (primary N) is 1. The molecule has 1 aromatic carbocycles. The number of nitrogens with zero attached hydrogens (tertiary/aromatic N) is 1. The van der Waals surface area contributed by atoms with Crippen LogP contribution in [0, 0.1) is 11.3 Å². The van der Waals surface area contributed by atoms with Gasteiger partial charge >= 0.3 is 5.97 Å². The van der Waals surface area contributed by atoms with E-state index >= 15 is 0 Å². The molecular weight excluding hydrogens is 374 g/mol. The van der Waals surface area contributed by atoms with Crippen LogP contribution in [-0.2, 0) is 14.3 Å². The second-order valence-electron chi connectivity index (χ2n) is 5.73. The molecule has 0 radical (unpaired) electrons. The summed E-state index contributed by atoms with van der Waals surface area (Å²) in [7, 11) is 1.35. The van der Waals surface area contributed by atoms with E-state index < -0.39 is 24.9 Å². The molecule has 28 heavy (non-hydrogen) atoms. The topological polar surface area (TPSA) is 104 Å². The summed E-state index contributed by atoms with van der Waals surface area (Å²) in [5.41, 5.74) is 6.45. The highest BCUT2D eigenvalue weighted by Gasteiger charge is 2.36. The number of carbonyl (C=O) groups is 1. The van der Waals surface area contributed by atoms with E-state index in [1.165, 1.54) is 32.2 Å². The van der Waals surface area contributed by atoms with Crippen molar-refractivity contribution < 1.29 is 32.5 Å². The summed E-state index contributed by atoms with van der Waals surface area (Å²) < 4.78 is 45.5. The smallest absolute Gasteiger partial charge is 0.338 e. The van der Waals surface area contributed by atoms with Crippen LogP contribution in [0.25, 0.3) is 0 Å². The van der Waals surface area contributed by atoms with Crippen molar-refractivity contribution >= 4 is 5.97 Å². The van der Waals surface area contributed by atoms with Crippen LogP contribution >= 0.6 is 0 Å². The second-order valence-corrected chi connectivity index (χ2v) is 5.73. The minimum absolute atomic E-state index is 0.0250. The van der Waals surface area contributed by atoms with E-state index in [0.29, 0.717) is 5.56 Å². The van der Waals surface area contributed by atoms with E-state index in [2.05, 4.69) is 0 Å². The number of esters is 1. The third kappa shape index (κ3) is 4.34. The van der Waals surface area contributed by atoms with Crippen LogP contribution in [0.4, 0.5) is 8.78 Å². The van der Waals surface area contributed by atoms with Crippen molar-refractivity contribution in [3.8, 4) is 17.6 Å². The molecule has 2 rings (SSSR count). The number of allylic oxidation sites excluding steroid dienone is 2. The van der Waals surface area contributed by atoms with Gasteiger partial charge in [0.1, 0.15) is 24.0 Å². The fraction of sp³-hybridized carbons (Fsp3) is 0.368. The lowest BCUT2D eigenvalue weighted by molar-refractivity contribution is -0.139. The largest absolute Gasteiger partial charge is 0.493 e. The molecule has 0 saturated carbocycles. The van der Waals surface area contributed by atoms with E-state index in [-0.39, 0.29) is 40.9 Å². The second kappa shape index (κ2) is 9.08. The molecule has 1 unspecified atom stereocenters. The Labute approximate surface area is 160 Å². The van der Waals surface area contributed by atoms with E-state index in [1.54, 1.807) is 6.92 Å². The lowest BCUT2D eigenvalue weighted by Crippen LogP contribution is -2.25. The number of carbonyl (C=O) groups excluding carboxylic acids is 1. The molecule has 1 aliphatic rings. The van der Waals surface area contributed by atoms with Gasteiger partial charge in [-0.1, -0.05) is 6.07 Å². The number of benzene rings is 1. The highest BCUT2D eigenvalue weighted by Crippen LogP contribution is 2.42. The fourth-order valence-electron chi connectivity index (χ4n) is 2.82. The number of hydrogen-bond acceptors (Lipinski definition) is 7. The van der Waals surface area contributed by atoms with Gasteiger partial charge < -0.3 is 24.7 Å². The van der Waals surface area contributed by atoms with Gasteiger partial charge in [0.2, 0.25) is 5.88 Å². The number of nitriles is 1. The zero-order chi connectivity index (χ0) is 20.8. The first kappa shape index (κ1) is 21.0. The number of ether oxygens (including phenoxy) is 4. The molecule has 0 fully saturated rings. The van der Waals surface area contributed by atoms with Crippen molar-refractivity contribution in [3.05, 3.63) is 46.6 Å². The first-order chi connectivity index (χ1) is 13.3. The molecule has 0 aromatic heterocycles. The quantitative estimate of drug-likeness (QED) is 0.709. The Balaban J connectivity index is 2.54. The van der Waals surface area contributed by atoms with Crippen molar-refractivity contribution in [2.24, 2.45) is 5.73 Å². The minimum Gasteiger partial charge on any atom is -0.493 e. The molecule has 150 valence electrons. The molecule has 1 atom stereocenters. The van der Waals surface area contributed by atoms with E-state index in [1.807, 2.05) is 6.07 Å². The maximum absolute atomic E-state index is 12.5. The van der Waals surface area contributed by atoms with Gasteiger partial charge in [-0.25, -0.2) is 13.6 Å². The minimum atomic E-state index is -2.64. The van der Waals surface area contributed by atoms with Crippen molar-refractivity contribution in [1.82, 2.24) is 0 Å². The Morgan fingerprint density at radius 3 is 2.68 bits per heavy atom. The Bertz CT molecular complexity index is 858. The number of hydrogen-bond donors (Lipinski definition) is 1. The van der Waals surface area contributed by atoms with Crippen LogP contribution in [-0.4, -0.2) is 32.7 Å². The fourth-order valence-corrected chi connectivity index (χ4v) is 2.82. The standard InChI is InChI=1S/C19H20F2N2O5/c1-4-26-19(24)16-10(2)28-18(23)12(8-22)17(16)11-5-6-13(14(7-11)25-3)27-9-15(20)21/h5-7,15,17H,4,9,23H2,1-3H3. The van der Waals surface area contributed by atoms with Crippen LogP contribution in [0.2, 0.25) is 0 Å². The molecule has 2 N–H and O–H groups in total. The summed E-state index contributed by atoms with van der Waals surface area (Å²) in [4.78, 5) is 12.5. The average molecular weight is 394 g/mol. The molecule has 0 spiro atoms. The predicted octanol–water partition coefficient (Wildman–Crippen LogP) is 2.98. The van der Waals surface area contributed by atoms with Gasteiger partial charge in [-0.3, -0.25) is 0 Å². The van der Waals surface area contributed by atoms with E-state index in [4.69, 9.17) is 24.7 Å². The lowest BCUT2D eigenvalue weighted by atomic mass is 9.83. The zero-order valence-corrected chi connectivity index (χ0v) is 15.6. The maximum atomic E-state index is 12.5. The van der Waals surface area contributed by atoms with Gasteiger partial charge in [0, 0.05) is 0 Å². The molecule has 1 aromatic rings. The molecule has 1 aliphatic heterocycles. The zero-order valence-electron chi connectivity index (χ0n) is 15.6. The molecule has 0 bridgehead atoms. The van der Waals surface area contributed by atoms with Crippen molar-refractivity contribution in [2.75, 3.05) is 20.3 Å². The molecule has 1 heterocycles. The third-order valence-electron chi connectivity index (χ3n) is 3.99. The van der Waals surface area contributed by atoms with Crippen molar-refractivity contribution in [3.63, 3.8) is 0 Å². The summed E-state index contributed by atoms with van der Waals surface area (Å²) in [5.74, 6) is -1.17. The predicted molar refractivity (Wildman–Crippen MR) is 94.5 cm³/mol. The molecule has 9 heteroatoms. The van der Waals surface area contributed by atoms with E-state index in [9.17, 15) is 18.8 Å². The number of rotatable bonds is 7. The SMILES string of the molecule is CCOC(=O)C1=C(C)OC(N)=C(C#N)C1c1ccc(OCC(F)F)c(OC)c1. The van der Waals surface area contributed by atoms with Crippen LogP contribution in [0.15, 0.2) is 41.0 Å². The van der Waals surface area contributed by atoms with Crippen LogP contribution in [0.1, 0.15) is 25.3 Å². The maximum Gasteiger partial charge on any atom is 0.338 e. The van der Waals surface area contributed by atoms with Gasteiger partial charge in [0.15, 0.2) is 11.5 Å². The molecule has 0 aliphatic carbocycles. The van der Waals surface area contributed by atoms with Gasteiger partial charge in [-0.2, -0.15) is 5.26 Å². The monoisotopic (exact) mass is 394 g/mol. The molecule has 0 amide bonds. The third-order valence-corrected chi connectivity index (χ3v) is 3.99. The summed E-state index contributed by atoms with van der Waals surface area (Å²) in [6.07, 6.45) is -2.64. The summed E-state index contributed by atoms with van der Waals surface area (Å²) in [6.45, 7) is 2.53. The van der Waals surface area contributed by atoms with Crippen LogP contribution < -0.4 is 15.2 Å². The highest BCUT2D eigenvalue weighted by atomic mass is 19.3. The Hall–Kier alpha value is -3.28. The van der Waals surface area contributed by atoms with Gasteiger partial charge in [0.05, 0.1) is 25.2 Å². The normalized spacial score (nSPS) is 16.5.